The molecule has 2 N–H and O–H groups in total. The van der Waals surface area contributed by atoms with Crippen LogP contribution in [-0.2, 0) is 22.4 Å². The van der Waals surface area contributed by atoms with Gasteiger partial charge in [0.1, 0.15) is 5.75 Å². The highest BCUT2D eigenvalue weighted by Gasteiger charge is 2.26. The van der Waals surface area contributed by atoms with E-state index in [0.717, 1.165) is 33.4 Å². The molecule has 1 amide bonds. The van der Waals surface area contributed by atoms with Crippen molar-refractivity contribution in [3.63, 3.8) is 0 Å². The van der Waals surface area contributed by atoms with Crippen LogP contribution in [0.2, 0.25) is 5.02 Å². The van der Waals surface area contributed by atoms with E-state index < -0.39 is 5.97 Å². The Labute approximate surface area is 243 Å². The first kappa shape index (κ1) is 29.0. The minimum absolute atomic E-state index is 0. The van der Waals surface area contributed by atoms with Crippen LogP contribution in [0.4, 0.5) is 5.69 Å². The number of methoxy groups -OCH3 is 1. The molecular formula is C33H30ClNO4S. The lowest BCUT2D eigenvalue weighted by molar-refractivity contribution is -0.136. The van der Waals surface area contributed by atoms with E-state index in [0.29, 0.717) is 34.0 Å². The maximum atomic E-state index is 12.8. The Morgan fingerprint density at radius 3 is 2.23 bits per heavy atom. The first-order valence-electron chi connectivity index (χ1n) is 12.3. The van der Waals surface area contributed by atoms with Gasteiger partial charge in [0.25, 0.3) is 5.91 Å². The lowest BCUT2D eigenvalue weighted by atomic mass is 9.96. The van der Waals surface area contributed by atoms with E-state index in [1.54, 1.807) is 30.0 Å². The minimum Gasteiger partial charge on any atom is -0.496 e. The summed E-state index contributed by atoms with van der Waals surface area (Å²) in [7, 11) is 1.52. The van der Waals surface area contributed by atoms with Crippen LogP contribution in [-0.4, -0.2) is 30.3 Å². The first-order chi connectivity index (χ1) is 18.9. The highest BCUT2D eigenvalue weighted by Crippen LogP contribution is 2.40. The van der Waals surface area contributed by atoms with E-state index in [-0.39, 0.29) is 19.8 Å². The summed E-state index contributed by atoms with van der Waals surface area (Å²) in [5.74, 6) is -0.597. The number of ether oxygens (including phenoxy) is 1. The van der Waals surface area contributed by atoms with Crippen LogP contribution in [0.15, 0.2) is 89.8 Å². The van der Waals surface area contributed by atoms with Crippen LogP contribution in [0.5, 0.6) is 5.75 Å². The molecule has 1 aliphatic rings. The number of anilines is 1. The summed E-state index contributed by atoms with van der Waals surface area (Å²) in [5.41, 5.74) is 7.55. The zero-order chi connectivity index (χ0) is 27.5. The maximum absolute atomic E-state index is 12.8. The van der Waals surface area contributed by atoms with Gasteiger partial charge in [-0.1, -0.05) is 73.6 Å². The van der Waals surface area contributed by atoms with Crippen molar-refractivity contribution in [3.8, 4) is 28.0 Å². The number of carboxylic acids is 1. The predicted octanol–water partition coefficient (Wildman–Crippen LogP) is 8.25. The number of carboxylic acid groups (broad SMARTS) is 1. The zero-order valence-electron chi connectivity index (χ0n) is 21.5. The number of aliphatic carboxylic acids is 1. The van der Waals surface area contributed by atoms with Gasteiger partial charge in [-0.3, -0.25) is 9.59 Å². The van der Waals surface area contributed by atoms with Gasteiger partial charge in [0.15, 0.2) is 0 Å². The Bertz CT molecular complexity index is 1590. The second-order valence-electron chi connectivity index (χ2n) is 9.18. The summed E-state index contributed by atoms with van der Waals surface area (Å²) in [6.07, 6.45) is 4.25. The van der Waals surface area contributed by atoms with Gasteiger partial charge in [0, 0.05) is 27.2 Å². The molecule has 0 bridgehead atoms. The van der Waals surface area contributed by atoms with Crippen LogP contribution in [0.1, 0.15) is 24.1 Å². The summed E-state index contributed by atoms with van der Waals surface area (Å²) < 4.78 is 5.29. The Morgan fingerprint density at radius 1 is 0.950 bits per heavy atom. The third-order valence-corrected chi connectivity index (χ3v) is 7.79. The molecular weight excluding hydrogens is 542 g/mol. The topological polar surface area (TPSA) is 75.6 Å². The molecule has 204 valence electrons. The number of hydrogen-bond donors (Lipinski definition) is 2. The van der Waals surface area contributed by atoms with E-state index in [4.69, 9.17) is 16.3 Å². The molecule has 0 spiro atoms. The van der Waals surface area contributed by atoms with Crippen molar-refractivity contribution in [3.05, 3.63) is 107 Å². The van der Waals surface area contributed by atoms with Crippen molar-refractivity contribution >= 4 is 46.5 Å². The molecule has 7 heteroatoms. The van der Waals surface area contributed by atoms with Gasteiger partial charge in [0.2, 0.25) is 0 Å². The fourth-order valence-corrected chi connectivity index (χ4v) is 5.42. The third kappa shape index (κ3) is 6.09. The second-order valence-corrected chi connectivity index (χ2v) is 10.5. The lowest BCUT2D eigenvalue weighted by Gasteiger charge is -2.10. The Morgan fingerprint density at radius 2 is 1.60 bits per heavy atom. The number of allylic oxidation sites excluding steroid dienone is 1. The Hall–Kier alpha value is -4.00. The number of benzene rings is 4. The number of thioether (sulfide) groups is 1. The molecule has 5 rings (SSSR count). The molecule has 0 saturated heterocycles. The maximum Gasteiger partial charge on any atom is 0.307 e. The van der Waals surface area contributed by atoms with Crippen LogP contribution < -0.4 is 10.1 Å². The number of hydrogen-bond acceptors (Lipinski definition) is 4. The largest absolute Gasteiger partial charge is 0.496 e. The number of nitrogens with one attached hydrogen (secondary N) is 1. The minimum atomic E-state index is -0.932. The molecule has 0 aliphatic carbocycles. The van der Waals surface area contributed by atoms with Crippen molar-refractivity contribution in [2.75, 3.05) is 18.7 Å². The van der Waals surface area contributed by atoms with Crippen LogP contribution in [0, 0.1) is 0 Å². The molecule has 5 nitrogen and oxygen atoms in total. The van der Waals surface area contributed by atoms with E-state index in [2.05, 4.69) is 48.0 Å². The monoisotopic (exact) mass is 571 g/mol. The van der Waals surface area contributed by atoms with Crippen molar-refractivity contribution in [2.24, 2.45) is 0 Å². The lowest BCUT2D eigenvalue weighted by Crippen LogP contribution is -2.04. The highest BCUT2D eigenvalue weighted by atomic mass is 35.5. The fraction of sp³-hybridized carbons (Fsp3) is 0.152. The normalized spacial score (nSPS) is 13.0. The number of halogens is 1. The first-order valence-corrected chi connectivity index (χ1v) is 13.9. The van der Waals surface area contributed by atoms with E-state index in [1.165, 1.54) is 12.0 Å². The van der Waals surface area contributed by atoms with Gasteiger partial charge in [0.05, 0.1) is 24.2 Å². The van der Waals surface area contributed by atoms with Crippen LogP contribution >= 0.6 is 23.4 Å². The highest BCUT2D eigenvalue weighted by molar-refractivity contribution is 7.98. The van der Waals surface area contributed by atoms with Crippen LogP contribution in [0.25, 0.3) is 27.8 Å². The molecule has 0 fully saturated rings. The summed E-state index contributed by atoms with van der Waals surface area (Å²) in [5, 5.41) is 12.7. The molecule has 0 saturated carbocycles. The smallest absolute Gasteiger partial charge is 0.307 e. The zero-order valence-corrected chi connectivity index (χ0v) is 23.0. The van der Waals surface area contributed by atoms with Crippen molar-refractivity contribution in [1.29, 1.82) is 0 Å². The van der Waals surface area contributed by atoms with Gasteiger partial charge in [-0.2, -0.15) is 0 Å². The van der Waals surface area contributed by atoms with Crippen molar-refractivity contribution in [2.45, 2.75) is 25.2 Å². The van der Waals surface area contributed by atoms with Gasteiger partial charge in [-0.15, -0.1) is 11.8 Å². The molecule has 1 aliphatic heterocycles. The molecule has 1 heterocycles. The van der Waals surface area contributed by atoms with Crippen LogP contribution in [0.3, 0.4) is 0 Å². The molecule has 4 aromatic rings. The molecule has 0 radical (unpaired) electrons. The molecule has 0 unspecified atom stereocenters. The fourth-order valence-electron chi connectivity index (χ4n) is 4.74. The Kier molecular flexibility index (Phi) is 9.03. The molecule has 40 heavy (non-hydrogen) atoms. The van der Waals surface area contributed by atoms with E-state index >= 15 is 0 Å². The number of carbonyl (C=O) groups excluding carboxylic acids is 1. The summed E-state index contributed by atoms with van der Waals surface area (Å²) in [4.78, 5) is 25.3. The number of carbonyl (C=O) groups is 2. The Balaban J connectivity index is 0.00000370. The number of fused-ring (bicyclic) bond motifs is 1. The van der Waals surface area contributed by atoms with Gasteiger partial charge in [-0.25, -0.2) is 0 Å². The summed E-state index contributed by atoms with van der Waals surface area (Å²) in [6, 6.07) is 25.9. The van der Waals surface area contributed by atoms with Gasteiger partial charge >= 0.3 is 5.97 Å². The SMILES string of the molecule is C.COc1ccc(C/C=C2\C(=O)Nc3cc(Cl)c(-c4ccc(-c5ccc(SC)cc5)cc4)cc32)cc1CC(=O)O. The number of amides is 1. The third-order valence-electron chi connectivity index (χ3n) is 6.74. The van der Waals surface area contributed by atoms with E-state index in [1.807, 2.05) is 30.3 Å². The standard InChI is InChI=1S/C32H26ClNO4S.CH4/c1-38-30-14-4-19(15-23(30)16-31(35)36)3-13-25-27-17-26(28(33)18-29(27)34-32(25)37)22-7-5-20(6-8-22)21-9-11-24(39-2)12-10-21;/h4-15,17-18H,3,16H2,1-2H3,(H,34,37)(H,35,36);1H4/b25-13-;. The second kappa shape index (κ2) is 12.5. The molecule has 0 aromatic heterocycles. The average Bonchev–Trinajstić information content (AvgIpc) is 3.24. The molecule has 0 atom stereocenters. The van der Waals surface area contributed by atoms with Gasteiger partial charge in [-0.05, 0) is 65.3 Å². The van der Waals surface area contributed by atoms with Gasteiger partial charge < -0.3 is 15.2 Å². The summed E-state index contributed by atoms with van der Waals surface area (Å²) in [6.45, 7) is 0. The number of rotatable bonds is 8. The van der Waals surface area contributed by atoms with Crippen molar-refractivity contribution in [1.82, 2.24) is 0 Å². The van der Waals surface area contributed by atoms with E-state index in [9.17, 15) is 14.7 Å². The summed E-state index contributed by atoms with van der Waals surface area (Å²) >= 11 is 8.37. The predicted molar refractivity (Wildman–Crippen MR) is 165 cm³/mol. The quantitative estimate of drug-likeness (QED) is 0.164. The van der Waals surface area contributed by atoms with Crippen molar-refractivity contribution < 1.29 is 19.4 Å². The molecule has 4 aromatic carbocycles. The average molecular weight is 572 g/mol.